The van der Waals surface area contributed by atoms with Gasteiger partial charge in [-0.05, 0) is 37.5 Å². The van der Waals surface area contributed by atoms with Crippen LogP contribution in [0.2, 0.25) is 0 Å². The third kappa shape index (κ3) is 4.43. The average molecular weight is 339 g/mol. The number of carbonyl (C=O) groups excluding carboxylic acids is 1. The topological polar surface area (TPSA) is 100 Å². The lowest BCUT2D eigenvalue weighted by Crippen LogP contribution is -2.39. The Balaban J connectivity index is 2.25. The van der Waals surface area contributed by atoms with Gasteiger partial charge in [-0.15, -0.1) is 0 Å². The van der Waals surface area contributed by atoms with Gasteiger partial charge in [0, 0.05) is 31.4 Å². The van der Waals surface area contributed by atoms with E-state index >= 15 is 0 Å². The first-order valence-electron chi connectivity index (χ1n) is 8.94. The van der Waals surface area contributed by atoms with Crippen molar-refractivity contribution in [3.63, 3.8) is 0 Å². The third-order valence-electron chi connectivity index (χ3n) is 2.77. The number of amides is 2. The van der Waals surface area contributed by atoms with Crippen LogP contribution in [0.4, 0.5) is 16.2 Å². The number of anilines is 2. The molecule has 0 bridgehead atoms. The number of urea groups is 1. The van der Waals surface area contributed by atoms with E-state index in [9.17, 15) is 13.2 Å². The minimum Gasteiger partial charge on any atom is -0.354 e. The summed E-state index contributed by atoms with van der Waals surface area (Å²) in [5.41, 5.74) is 1.67. The highest BCUT2D eigenvalue weighted by molar-refractivity contribution is 7.90. The Bertz CT molecular complexity index is 980. The number of nitrogens with one attached hydrogen (secondary N) is 3. The van der Waals surface area contributed by atoms with Crippen LogP contribution in [0.25, 0.3) is 0 Å². The summed E-state index contributed by atoms with van der Waals surface area (Å²) in [5.74, 6) is 0. The summed E-state index contributed by atoms with van der Waals surface area (Å²) in [6.45, 7) is -4.44. The lowest BCUT2D eigenvalue weighted by atomic mass is 10.2. The number of carbonyl (C=O) groups is 1. The van der Waals surface area contributed by atoms with Crippen molar-refractivity contribution in [1.82, 2.24) is 15.0 Å². The molecule has 0 radical (unpaired) electrons. The number of hydrogen-bond acceptors (Lipinski definition) is 5. The molecule has 2 aromatic rings. The molecule has 1 aromatic heterocycles. The smallest absolute Gasteiger partial charge is 0.328 e. The van der Waals surface area contributed by atoms with Gasteiger partial charge >= 0.3 is 6.03 Å². The Morgan fingerprint density at radius 1 is 1.39 bits per heavy atom. The molecule has 1 heterocycles. The van der Waals surface area contributed by atoms with Crippen LogP contribution in [0.3, 0.4) is 0 Å². The third-order valence-corrected chi connectivity index (χ3v) is 4.13. The molecule has 2 rings (SSSR count). The van der Waals surface area contributed by atoms with Crippen LogP contribution in [0.5, 0.6) is 0 Å². The number of hydrogen-bond donors (Lipinski definition) is 3. The van der Waals surface area contributed by atoms with Crippen molar-refractivity contribution in [1.29, 1.82) is 0 Å². The summed E-state index contributed by atoms with van der Waals surface area (Å²) < 4.78 is 62.5. The molecule has 0 aliphatic rings. The number of sulfonamides is 1. The van der Waals surface area contributed by atoms with Crippen molar-refractivity contribution in [2.24, 2.45) is 0 Å². The second kappa shape index (κ2) is 7.10. The van der Waals surface area contributed by atoms with Crippen molar-refractivity contribution in [2.45, 2.75) is 18.7 Å². The quantitative estimate of drug-likeness (QED) is 0.775. The van der Waals surface area contributed by atoms with Crippen molar-refractivity contribution in [3.8, 4) is 0 Å². The van der Waals surface area contributed by atoms with Crippen LogP contribution in [-0.4, -0.2) is 25.9 Å². The molecule has 3 N–H and O–H groups in total. The molecule has 2 amide bonds. The number of rotatable bonds is 5. The fourth-order valence-corrected chi connectivity index (χ4v) is 2.85. The fourth-order valence-electron chi connectivity index (χ4n) is 1.84. The second-order valence-corrected chi connectivity index (χ2v) is 6.20. The molecular weight excluding hydrogens is 316 g/mol. The van der Waals surface area contributed by atoms with Gasteiger partial charge in [-0.2, -0.15) is 0 Å². The van der Waals surface area contributed by atoms with E-state index in [4.69, 9.17) is 6.85 Å². The van der Waals surface area contributed by atoms with Gasteiger partial charge in [0.15, 0.2) is 0 Å². The van der Waals surface area contributed by atoms with Gasteiger partial charge in [0.1, 0.15) is 4.90 Å². The van der Waals surface area contributed by atoms with Gasteiger partial charge in [0.25, 0.3) is 10.0 Å². The molecule has 1 aromatic carbocycles. The van der Waals surface area contributed by atoms with Gasteiger partial charge in [0.05, 0.1) is 5.69 Å². The Kier molecular flexibility index (Phi) is 3.40. The van der Waals surface area contributed by atoms with Crippen LogP contribution in [-0.2, 0) is 10.0 Å². The van der Waals surface area contributed by atoms with E-state index < -0.39 is 29.4 Å². The molecule has 0 atom stereocenters. The Morgan fingerprint density at radius 3 is 2.96 bits per heavy atom. The van der Waals surface area contributed by atoms with Crippen LogP contribution in [0.1, 0.15) is 19.3 Å². The van der Waals surface area contributed by atoms with Crippen LogP contribution < -0.4 is 15.4 Å². The summed E-state index contributed by atoms with van der Waals surface area (Å²) in [4.78, 5) is 15.2. The first kappa shape index (κ1) is 11.0. The first-order valence-corrected chi connectivity index (χ1v) is 7.93. The molecule has 0 aliphatic heterocycles. The highest BCUT2D eigenvalue weighted by Crippen LogP contribution is 2.24. The molecule has 23 heavy (non-hydrogen) atoms. The van der Waals surface area contributed by atoms with Crippen LogP contribution >= 0.6 is 0 Å². The summed E-state index contributed by atoms with van der Waals surface area (Å²) in [6.07, 6.45) is 2.36. The zero-order valence-corrected chi connectivity index (χ0v) is 12.9. The molecule has 0 fully saturated rings. The summed E-state index contributed by atoms with van der Waals surface area (Å²) in [7, 11) is -4.48. The Labute approximate surface area is 142 Å². The molecular formula is C15H18N4O3S. The Hall–Kier alpha value is -2.61. The van der Waals surface area contributed by atoms with Crippen LogP contribution in [0.15, 0.2) is 47.6 Å². The summed E-state index contributed by atoms with van der Waals surface area (Å²) >= 11 is 0. The maximum Gasteiger partial charge on any atom is 0.328 e. The average Bonchev–Trinajstić information content (AvgIpc) is 2.53. The van der Waals surface area contributed by atoms with Crippen molar-refractivity contribution in [3.05, 3.63) is 48.3 Å². The zero-order valence-electron chi connectivity index (χ0n) is 17.1. The van der Waals surface area contributed by atoms with Gasteiger partial charge in [0.2, 0.25) is 0 Å². The molecule has 8 heteroatoms. The SMILES string of the molecule is [2H]C([2H])([2H])C([2H])([2H])NC(=O)NS(=O)(=O)c1cnccc1Nc1cccc(C)c1. The molecule has 7 nitrogen and oxygen atoms in total. The maximum absolute atomic E-state index is 12.5. The number of nitrogens with zero attached hydrogens (tertiary/aromatic N) is 1. The van der Waals surface area contributed by atoms with E-state index in [0.29, 0.717) is 5.69 Å². The predicted octanol–water partition coefficient (Wildman–Crippen LogP) is 2.14. The van der Waals surface area contributed by atoms with Gasteiger partial charge in [-0.3, -0.25) is 4.98 Å². The number of pyridine rings is 1. The lowest BCUT2D eigenvalue weighted by molar-refractivity contribution is 0.246. The molecule has 122 valence electrons. The normalized spacial score (nSPS) is 15.3. The molecule has 0 saturated heterocycles. The molecule has 0 aliphatic carbocycles. The second-order valence-electron chi connectivity index (χ2n) is 4.55. The van der Waals surface area contributed by atoms with E-state index in [2.05, 4.69) is 10.3 Å². The van der Waals surface area contributed by atoms with E-state index in [0.717, 1.165) is 11.8 Å². The number of benzene rings is 1. The highest BCUT2D eigenvalue weighted by Gasteiger charge is 2.21. The maximum atomic E-state index is 12.5. The minimum absolute atomic E-state index is 0.125. The summed E-state index contributed by atoms with van der Waals surface area (Å²) in [5, 5.41) is 4.41. The van der Waals surface area contributed by atoms with Crippen molar-refractivity contribution in [2.75, 3.05) is 11.8 Å². The fraction of sp³-hybridized carbons (Fsp3) is 0.200. The largest absolute Gasteiger partial charge is 0.354 e. The summed E-state index contributed by atoms with van der Waals surface area (Å²) in [6, 6.07) is 7.00. The Morgan fingerprint density at radius 2 is 2.22 bits per heavy atom. The van der Waals surface area contributed by atoms with Crippen LogP contribution in [0, 0.1) is 6.92 Å². The van der Waals surface area contributed by atoms with E-state index in [1.807, 2.05) is 13.0 Å². The number of aryl methyl sites for hydroxylation is 1. The molecule has 0 saturated carbocycles. The zero-order chi connectivity index (χ0) is 21.2. The highest BCUT2D eigenvalue weighted by atomic mass is 32.2. The number of aromatic nitrogens is 1. The van der Waals surface area contributed by atoms with Gasteiger partial charge in [-0.1, -0.05) is 12.1 Å². The minimum atomic E-state index is -4.48. The van der Waals surface area contributed by atoms with E-state index in [1.54, 1.807) is 22.9 Å². The molecule has 0 unspecified atom stereocenters. The molecule has 0 spiro atoms. The van der Waals surface area contributed by atoms with E-state index in [-0.39, 0.29) is 10.6 Å². The predicted molar refractivity (Wildman–Crippen MR) is 88.1 cm³/mol. The monoisotopic (exact) mass is 339 g/mol. The van der Waals surface area contributed by atoms with Gasteiger partial charge < -0.3 is 10.6 Å². The van der Waals surface area contributed by atoms with Gasteiger partial charge in [-0.25, -0.2) is 17.9 Å². The van der Waals surface area contributed by atoms with E-state index in [1.165, 1.54) is 17.6 Å². The van der Waals surface area contributed by atoms with Crippen molar-refractivity contribution >= 4 is 27.4 Å². The van der Waals surface area contributed by atoms with Crippen molar-refractivity contribution < 1.29 is 20.1 Å². The standard InChI is InChI=1S/C15H18N4O3S/c1-3-17-15(20)19-23(21,22)14-10-16-8-7-13(14)18-12-6-4-5-11(2)9-12/h4-10H,3H2,1-2H3,(H,16,18)(H2,17,19,20)/i1D3,3D2. The first-order chi connectivity index (χ1) is 12.8. The lowest BCUT2D eigenvalue weighted by Gasteiger charge is -2.13.